The summed E-state index contributed by atoms with van der Waals surface area (Å²) < 4.78 is 17.5. The second kappa shape index (κ2) is 8.58. The van der Waals surface area contributed by atoms with Crippen molar-refractivity contribution in [2.45, 2.75) is 25.6 Å². The molecule has 1 aromatic rings. The van der Waals surface area contributed by atoms with Crippen LogP contribution in [0.5, 0.6) is 0 Å². The van der Waals surface area contributed by atoms with E-state index in [1.54, 1.807) is 26.0 Å². The third kappa shape index (κ3) is 6.06. The van der Waals surface area contributed by atoms with Crippen LogP contribution >= 0.6 is 11.8 Å². The molecule has 1 unspecified atom stereocenters. The minimum Gasteiger partial charge on any atom is -0.465 e. The quantitative estimate of drug-likeness (QED) is 0.784. The van der Waals surface area contributed by atoms with E-state index in [9.17, 15) is 14.0 Å². The normalized spacial score (nSPS) is 11.8. The summed E-state index contributed by atoms with van der Waals surface area (Å²) in [5.41, 5.74) is 0.822. The van der Waals surface area contributed by atoms with Crippen LogP contribution in [-0.2, 0) is 20.9 Å². The first-order valence-electron chi connectivity index (χ1n) is 6.32. The molecule has 4 nitrogen and oxygen atoms in total. The van der Waals surface area contributed by atoms with E-state index in [2.05, 4.69) is 5.32 Å². The molecule has 1 atom stereocenters. The van der Waals surface area contributed by atoms with Crippen LogP contribution in [-0.4, -0.2) is 29.5 Å². The molecule has 6 heteroatoms. The molecule has 0 bridgehead atoms. The van der Waals surface area contributed by atoms with Crippen molar-refractivity contribution in [1.82, 2.24) is 5.32 Å². The number of carbonyl (C=O) groups excluding carboxylic acids is 2. The van der Waals surface area contributed by atoms with E-state index in [0.717, 1.165) is 5.56 Å². The Morgan fingerprint density at radius 1 is 1.35 bits per heavy atom. The van der Waals surface area contributed by atoms with Crippen LogP contribution in [0, 0.1) is 5.82 Å². The molecular weight excluding hydrogens is 281 g/mol. The van der Waals surface area contributed by atoms with Crippen molar-refractivity contribution < 1.29 is 18.7 Å². The highest BCUT2D eigenvalue weighted by molar-refractivity contribution is 8.01. The van der Waals surface area contributed by atoms with Crippen molar-refractivity contribution in [2.24, 2.45) is 0 Å². The second-order valence-corrected chi connectivity index (χ2v) is 5.43. The summed E-state index contributed by atoms with van der Waals surface area (Å²) in [6, 6.07) is 5.93. The molecule has 0 aliphatic rings. The molecular formula is C14H18FNO3S. The van der Waals surface area contributed by atoms with E-state index in [1.165, 1.54) is 23.9 Å². The van der Waals surface area contributed by atoms with Crippen molar-refractivity contribution in [1.29, 1.82) is 0 Å². The number of esters is 1. The van der Waals surface area contributed by atoms with E-state index in [1.807, 2.05) is 0 Å². The average molecular weight is 299 g/mol. The van der Waals surface area contributed by atoms with E-state index in [4.69, 9.17) is 4.74 Å². The molecule has 0 aromatic heterocycles. The molecule has 0 heterocycles. The molecule has 0 radical (unpaired) electrons. The molecule has 0 spiro atoms. The summed E-state index contributed by atoms with van der Waals surface area (Å²) in [4.78, 5) is 23.0. The lowest BCUT2D eigenvalue weighted by Gasteiger charge is -2.11. The Morgan fingerprint density at radius 3 is 2.60 bits per heavy atom. The van der Waals surface area contributed by atoms with E-state index < -0.39 is 0 Å². The van der Waals surface area contributed by atoms with Crippen molar-refractivity contribution in [3.63, 3.8) is 0 Å². The summed E-state index contributed by atoms with van der Waals surface area (Å²) in [6.07, 6.45) is 0. The first kappa shape index (κ1) is 16.5. The van der Waals surface area contributed by atoms with Gasteiger partial charge in [-0.05, 0) is 31.5 Å². The van der Waals surface area contributed by atoms with Gasteiger partial charge in [0.05, 0.1) is 17.6 Å². The minimum absolute atomic E-state index is 0.152. The Balaban J connectivity index is 2.31. The Bertz CT molecular complexity index is 450. The van der Waals surface area contributed by atoms with Crippen molar-refractivity contribution in [3.8, 4) is 0 Å². The lowest BCUT2D eigenvalue weighted by Crippen LogP contribution is -2.31. The number of thioether (sulfide) groups is 1. The monoisotopic (exact) mass is 299 g/mol. The maximum atomic E-state index is 12.7. The Labute approximate surface area is 122 Å². The molecule has 1 rings (SSSR count). The highest BCUT2D eigenvalue weighted by atomic mass is 32.2. The van der Waals surface area contributed by atoms with Crippen LogP contribution < -0.4 is 5.32 Å². The number of rotatable bonds is 7. The molecule has 0 fully saturated rings. The summed E-state index contributed by atoms with van der Waals surface area (Å²) in [5, 5.41) is 2.39. The van der Waals surface area contributed by atoms with Crippen molar-refractivity contribution in [3.05, 3.63) is 35.6 Å². The molecule has 1 aromatic carbocycles. The van der Waals surface area contributed by atoms with Gasteiger partial charge in [-0.15, -0.1) is 11.8 Å². The molecule has 1 amide bonds. The number of nitrogens with one attached hydrogen (secondary N) is 1. The van der Waals surface area contributed by atoms with Gasteiger partial charge in [-0.2, -0.15) is 0 Å². The largest absolute Gasteiger partial charge is 0.465 e. The van der Waals surface area contributed by atoms with Gasteiger partial charge < -0.3 is 10.1 Å². The fourth-order valence-electron chi connectivity index (χ4n) is 1.41. The molecule has 0 aliphatic carbocycles. The van der Waals surface area contributed by atoms with Crippen LogP contribution in [0.25, 0.3) is 0 Å². The fourth-order valence-corrected chi connectivity index (χ4v) is 2.11. The van der Waals surface area contributed by atoms with Crippen LogP contribution in [0.4, 0.5) is 4.39 Å². The molecule has 0 aliphatic heterocycles. The summed E-state index contributed by atoms with van der Waals surface area (Å²) in [5.74, 6) is -0.642. The van der Waals surface area contributed by atoms with E-state index >= 15 is 0 Å². The predicted octanol–water partition coefficient (Wildman–Crippen LogP) is 2.13. The van der Waals surface area contributed by atoms with Gasteiger partial charge in [0, 0.05) is 6.54 Å². The van der Waals surface area contributed by atoms with Crippen LogP contribution in [0.15, 0.2) is 24.3 Å². The number of carbonyl (C=O) groups is 2. The smallest absolute Gasteiger partial charge is 0.315 e. The number of hydrogen-bond donors (Lipinski definition) is 1. The summed E-state index contributed by atoms with van der Waals surface area (Å²) in [6.45, 7) is 4.14. The lowest BCUT2D eigenvalue weighted by atomic mass is 10.2. The van der Waals surface area contributed by atoms with Crippen LogP contribution in [0.1, 0.15) is 19.4 Å². The van der Waals surface area contributed by atoms with E-state index in [-0.39, 0.29) is 28.7 Å². The zero-order valence-electron chi connectivity index (χ0n) is 11.5. The second-order valence-electron chi connectivity index (χ2n) is 4.10. The average Bonchev–Trinajstić information content (AvgIpc) is 2.44. The molecule has 20 heavy (non-hydrogen) atoms. The highest BCUT2D eigenvalue weighted by Crippen LogP contribution is 2.11. The zero-order valence-corrected chi connectivity index (χ0v) is 12.3. The van der Waals surface area contributed by atoms with Crippen LogP contribution in [0.2, 0.25) is 0 Å². The Kier molecular flexibility index (Phi) is 7.08. The molecule has 1 N–H and O–H groups in total. The molecule has 0 saturated carbocycles. The third-order valence-corrected chi connectivity index (χ3v) is 3.62. The summed E-state index contributed by atoms with van der Waals surface area (Å²) in [7, 11) is 0. The molecule has 110 valence electrons. The Hall–Kier alpha value is -1.56. The van der Waals surface area contributed by atoms with Gasteiger partial charge in [-0.1, -0.05) is 12.1 Å². The van der Waals surface area contributed by atoms with Gasteiger partial charge in [0.25, 0.3) is 0 Å². The zero-order chi connectivity index (χ0) is 15.0. The summed E-state index contributed by atoms with van der Waals surface area (Å²) >= 11 is 1.22. The topological polar surface area (TPSA) is 55.4 Å². The van der Waals surface area contributed by atoms with Gasteiger partial charge in [0.1, 0.15) is 5.82 Å². The minimum atomic E-state index is -0.347. The number of hydrogen-bond acceptors (Lipinski definition) is 4. The van der Waals surface area contributed by atoms with Crippen molar-refractivity contribution in [2.75, 3.05) is 12.4 Å². The standard InChI is InChI=1S/C14H18FNO3S/c1-3-19-13(17)9-20-10(2)14(18)16-8-11-4-6-12(15)7-5-11/h4-7,10H,3,8-9H2,1-2H3,(H,16,18). The first-order valence-corrected chi connectivity index (χ1v) is 7.37. The number of benzene rings is 1. The van der Waals surface area contributed by atoms with Gasteiger partial charge in [0.15, 0.2) is 0 Å². The predicted molar refractivity (Wildman–Crippen MR) is 76.8 cm³/mol. The van der Waals surface area contributed by atoms with Crippen molar-refractivity contribution >= 4 is 23.6 Å². The van der Waals surface area contributed by atoms with Gasteiger partial charge >= 0.3 is 5.97 Å². The maximum absolute atomic E-state index is 12.7. The number of amides is 1. The highest BCUT2D eigenvalue weighted by Gasteiger charge is 2.15. The van der Waals surface area contributed by atoms with E-state index in [0.29, 0.717) is 13.2 Å². The number of halogens is 1. The fraction of sp³-hybridized carbons (Fsp3) is 0.429. The molecule has 0 saturated heterocycles. The SMILES string of the molecule is CCOC(=O)CSC(C)C(=O)NCc1ccc(F)cc1. The first-order chi connectivity index (χ1) is 9.52. The third-order valence-electron chi connectivity index (χ3n) is 2.51. The van der Waals surface area contributed by atoms with Crippen LogP contribution in [0.3, 0.4) is 0 Å². The van der Waals surface area contributed by atoms with Gasteiger partial charge in [-0.25, -0.2) is 4.39 Å². The van der Waals surface area contributed by atoms with Gasteiger partial charge in [0.2, 0.25) is 5.91 Å². The lowest BCUT2D eigenvalue weighted by molar-refractivity contribution is -0.139. The Morgan fingerprint density at radius 2 is 2.00 bits per heavy atom. The van der Waals surface area contributed by atoms with Gasteiger partial charge in [-0.3, -0.25) is 9.59 Å². The maximum Gasteiger partial charge on any atom is 0.315 e. The number of ether oxygens (including phenoxy) is 1.